The molecule has 0 bridgehead atoms. The van der Waals surface area contributed by atoms with Gasteiger partial charge in [-0.15, -0.1) is 0 Å². The number of pyridine rings is 1. The van der Waals surface area contributed by atoms with Gasteiger partial charge in [-0.3, -0.25) is 4.79 Å². The number of carbonyl (C=O) groups excluding carboxylic acids is 1. The third-order valence-electron chi connectivity index (χ3n) is 2.56. The number of hydrogen-bond acceptors (Lipinski definition) is 4. The Morgan fingerprint density at radius 1 is 1.21 bits per heavy atom. The molecule has 5 nitrogen and oxygen atoms in total. The van der Waals surface area contributed by atoms with E-state index in [2.05, 4.69) is 15.3 Å². The van der Waals surface area contributed by atoms with Crippen molar-refractivity contribution in [2.75, 3.05) is 5.32 Å². The first-order chi connectivity index (χ1) is 9.22. The van der Waals surface area contributed by atoms with Gasteiger partial charge in [-0.05, 0) is 30.3 Å². The number of anilines is 1. The fourth-order valence-corrected chi connectivity index (χ4v) is 1.82. The van der Waals surface area contributed by atoms with Gasteiger partial charge in [0.25, 0.3) is 5.91 Å². The third-order valence-corrected chi connectivity index (χ3v) is 2.79. The lowest BCUT2D eigenvalue weighted by Gasteiger charge is -2.04. The molecule has 0 unspecified atom stereocenters. The highest BCUT2D eigenvalue weighted by Crippen LogP contribution is 2.16. The topological polar surface area (TPSA) is 68.0 Å². The number of halogens is 1. The summed E-state index contributed by atoms with van der Waals surface area (Å²) in [6.45, 7) is 0. The van der Waals surface area contributed by atoms with Gasteiger partial charge < -0.3 is 9.73 Å². The summed E-state index contributed by atoms with van der Waals surface area (Å²) in [5.41, 5.74) is 1.74. The molecule has 1 aromatic carbocycles. The molecule has 0 saturated heterocycles. The Morgan fingerprint density at radius 3 is 2.95 bits per heavy atom. The van der Waals surface area contributed by atoms with E-state index in [0.29, 0.717) is 27.5 Å². The Bertz CT molecular complexity index is 754. The van der Waals surface area contributed by atoms with E-state index in [-0.39, 0.29) is 5.91 Å². The lowest BCUT2D eigenvalue weighted by Crippen LogP contribution is -2.12. The summed E-state index contributed by atoms with van der Waals surface area (Å²) >= 11 is 5.82. The molecule has 0 saturated carbocycles. The highest BCUT2D eigenvalue weighted by atomic mass is 35.5. The number of nitrogens with one attached hydrogen (secondary N) is 1. The van der Waals surface area contributed by atoms with E-state index in [1.165, 1.54) is 12.6 Å². The zero-order valence-electron chi connectivity index (χ0n) is 9.63. The first kappa shape index (κ1) is 11.7. The van der Waals surface area contributed by atoms with Gasteiger partial charge >= 0.3 is 0 Å². The van der Waals surface area contributed by atoms with E-state index in [1.807, 2.05) is 0 Å². The molecule has 0 atom stereocenters. The minimum absolute atomic E-state index is 0.278. The lowest BCUT2D eigenvalue weighted by atomic mass is 10.2. The van der Waals surface area contributed by atoms with Crippen LogP contribution in [-0.4, -0.2) is 15.9 Å². The molecule has 0 fully saturated rings. The molecular weight excluding hydrogens is 266 g/mol. The molecular formula is C13H8ClN3O2. The fourth-order valence-electron chi connectivity index (χ4n) is 1.66. The van der Waals surface area contributed by atoms with Crippen LogP contribution in [0.2, 0.25) is 5.02 Å². The van der Waals surface area contributed by atoms with Gasteiger partial charge in [0.15, 0.2) is 12.0 Å². The summed E-state index contributed by atoms with van der Waals surface area (Å²) in [6.07, 6.45) is 2.86. The van der Waals surface area contributed by atoms with Crippen LogP contribution in [0.25, 0.3) is 11.1 Å². The maximum absolute atomic E-state index is 12.0. The molecule has 2 aromatic heterocycles. The van der Waals surface area contributed by atoms with Crippen molar-refractivity contribution in [2.24, 2.45) is 0 Å². The molecule has 0 aliphatic rings. The first-order valence-corrected chi connectivity index (χ1v) is 5.86. The van der Waals surface area contributed by atoms with Gasteiger partial charge in [-0.1, -0.05) is 11.6 Å². The minimum atomic E-state index is -0.278. The number of hydrogen-bond donors (Lipinski definition) is 1. The molecule has 0 aliphatic carbocycles. The van der Waals surface area contributed by atoms with Crippen molar-refractivity contribution in [1.82, 2.24) is 9.97 Å². The van der Waals surface area contributed by atoms with Crippen molar-refractivity contribution < 1.29 is 9.21 Å². The number of benzene rings is 1. The van der Waals surface area contributed by atoms with Crippen LogP contribution in [0.5, 0.6) is 0 Å². The average Bonchev–Trinajstić information content (AvgIpc) is 2.85. The molecule has 1 amide bonds. The number of fused-ring (bicyclic) bond motifs is 1. The van der Waals surface area contributed by atoms with Crippen molar-refractivity contribution in [3.8, 4) is 0 Å². The van der Waals surface area contributed by atoms with Gasteiger partial charge in [0.05, 0.1) is 0 Å². The van der Waals surface area contributed by atoms with Gasteiger partial charge in [-0.25, -0.2) is 9.97 Å². The SMILES string of the molecule is O=C(Nc1cc(Cl)ccn1)c1ccc2ocnc2c1. The van der Waals surface area contributed by atoms with Crippen LogP contribution in [0.15, 0.2) is 47.3 Å². The smallest absolute Gasteiger partial charge is 0.256 e. The quantitative estimate of drug-likeness (QED) is 0.779. The van der Waals surface area contributed by atoms with Crippen molar-refractivity contribution in [1.29, 1.82) is 0 Å². The summed E-state index contributed by atoms with van der Waals surface area (Å²) in [7, 11) is 0. The molecule has 1 N–H and O–H groups in total. The predicted octanol–water partition coefficient (Wildman–Crippen LogP) is 3.13. The normalized spacial score (nSPS) is 10.6. The van der Waals surface area contributed by atoms with Crippen LogP contribution < -0.4 is 5.32 Å². The molecule has 2 heterocycles. The molecule has 0 aliphatic heterocycles. The fraction of sp³-hybridized carbons (Fsp3) is 0. The van der Waals surface area contributed by atoms with Crippen molar-refractivity contribution in [3.63, 3.8) is 0 Å². The van der Waals surface area contributed by atoms with Crippen LogP contribution in [0.4, 0.5) is 5.82 Å². The lowest BCUT2D eigenvalue weighted by molar-refractivity contribution is 0.102. The van der Waals surface area contributed by atoms with E-state index in [1.54, 1.807) is 30.3 Å². The highest BCUT2D eigenvalue weighted by Gasteiger charge is 2.09. The third kappa shape index (κ3) is 2.41. The van der Waals surface area contributed by atoms with E-state index < -0.39 is 0 Å². The number of aromatic nitrogens is 2. The number of rotatable bonds is 2. The average molecular weight is 274 g/mol. The zero-order valence-corrected chi connectivity index (χ0v) is 10.4. The van der Waals surface area contributed by atoms with Crippen molar-refractivity contribution in [2.45, 2.75) is 0 Å². The number of oxazole rings is 1. The van der Waals surface area contributed by atoms with Crippen LogP contribution in [0.1, 0.15) is 10.4 Å². The van der Waals surface area contributed by atoms with Crippen LogP contribution in [0.3, 0.4) is 0 Å². The summed E-state index contributed by atoms with van der Waals surface area (Å²) in [5, 5.41) is 3.17. The van der Waals surface area contributed by atoms with E-state index >= 15 is 0 Å². The standard InChI is InChI=1S/C13H8ClN3O2/c14-9-3-4-15-12(6-9)17-13(18)8-1-2-11-10(5-8)16-7-19-11/h1-7H,(H,15,17,18). The van der Waals surface area contributed by atoms with Crippen LogP contribution in [0, 0.1) is 0 Å². The van der Waals surface area contributed by atoms with Crippen molar-refractivity contribution in [3.05, 3.63) is 53.5 Å². The van der Waals surface area contributed by atoms with Gasteiger partial charge in [0, 0.05) is 16.8 Å². The minimum Gasteiger partial charge on any atom is -0.443 e. The van der Waals surface area contributed by atoms with Crippen LogP contribution >= 0.6 is 11.6 Å². The first-order valence-electron chi connectivity index (χ1n) is 5.48. The Balaban J connectivity index is 1.87. The van der Waals surface area contributed by atoms with Crippen LogP contribution in [-0.2, 0) is 0 Å². The number of nitrogens with zero attached hydrogens (tertiary/aromatic N) is 2. The van der Waals surface area contributed by atoms with E-state index in [9.17, 15) is 4.79 Å². The van der Waals surface area contributed by atoms with Crippen molar-refractivity contribution >= 4 is 34.4 Å². The molecule has 3 rings (SSSR count). The molecule has 94 valence electrons. The number of amides is 1. The summed E-state index contributed by atoms with van der Waals surface area (Å²) in [6, 6.07) is 8.22. The summed E-state index contributed by atoms with van der Waals surface area (Å²) in [5.74, 6) is 0.123. The Kier molecular flexibility index (Phi) is 2.89. The summed E-state index contributed by atoms with van der Waals surface area (Å²) < 4.78 is 5.11. The monoisotopic (exact) mass is 273 g/mol. The molecule has 3 aromatic rings. The Morgan fingerprint density at radius 2 is 2.11 bits per heavy atom. The van der Waals surface area contributed by atoms with Gasteiger partial charge in [0.2, 0.25) is 0 Å². The molecule has 0 spiro atoms. The summed E-state index contributed by atoms with van der Waals surface area (Å²) in [4.78, 5) is 20.0. The van der Waals surface area contributed by atoms with E-state index in [4.69, 9.17) is 16.0 Å². The van der Waals surface area contributed by atoms with Gasteiger partial charge in [0.1, 0.15) is 11.3 Å². The molecule has 0 radical (unpaired) electrons. The second-order valence-corrected chi connectivity index (χ2v) is 4.28. The Hall–Kier alpha value is -2.40. The largest absolute Gasteiger partial charge is 0.443 e. The second-order valence-electron chi connectivity index (χ2n) is 3.85. The zero-order chi connectivity index (χ0) is 13.2. The number of carbonyl (C=O) groups is 1. The maximum Gasteiger partial charge on any atom is 0.256 e. The highest BCUT2D eigenvalue weighted by molar-refractivity contribution is 6.30. The predicted molar refractivity (Wildman–Crippen MR) is 71.2 cm³/mol. The second kappa shape index (κ2) is 4.70. The Labute approximate surface area is 113 Å². The maximum atomic E-state index is 12.0. The van der Waals surface area contributed by atoms with E-state index in [0.717, 1.165) is 0 Å². The molecule has 6 heteroatoms. The van der Waals surface area contributed by atoms with Gasteiger partial charge in [-0.2, -0.15) is 0 Å². The molecule has 19 heavy (non-hydrogen) atoms.